The van der Waals surface area contributed by atoms with Gasteiger partial charge in [-0.1, -0.05) is 43.2 Å². The van der Waals surface area contributed by atoms with Gasteiger partial charge in [-0.3, -0.25) is 19.7 Å². The highest BCUT2D eigenvalue weighted by atomic mass is 16.5. The van der Waals surface area contributed by atoms with E-state index in [1.807, 2.05) is 12.1 Å². The molecule has 2 heterocycles. The molecular formula is C30H38N4O4. The molecule has 0 unspecified atom stereocenters. The number of aromatic nitrogens is 1. The molecule has 8 nitrogen and oxygen atoms in total. The van der Waals surface area contributed by atoms with Crippen molar-refractivity contribution in [2.75, 3.05) is 13.7 Å². The zero-order valence-electron chi connectivity index (χ0n) is 22.0. The van der Waals surface area contributed by atoms with Crippen LogP contribution in [0.15, 0.2) is 48.5 Å². The Bertz CT molecular complexity index is 1250. The number of H-pyrrole nitrogens is 1. The van der Waals surface area contributed by atoms with Crippen molar-refractivity contribution >= 4 is 22.7 Å². The lowest BCUT2D eigenvalue weighted by molar-refractivity contribution is -0.129. The normalized spacial score (nSPS) is 19.2. The van der Waals surface area contributed by atoms with Gasteiger partial charge in [-0.25, -0.2) is 5.48 Å². The molecule has 202 valence electrons. The maximum absolute atomic E-state index is 13.7. The van der Waals surface area contributed by atoms with Crippen molar-refractivity contribution in [1.82, 2.24) is 20.7 Å². The predicted molar refractivity (Wildman–Crippen MR) is 146 cm³/mol. The summed E-state index contributed by atoms with van der Waals surface area (Å²) in [5.41, 5.74) is 6.54. The van der Waals surface area contributed by atoms with Crippen LogP contribution in [0.2, 0.25) is 0 Å². The summed E-state index contributed by atoms with van der Waals surface area (Å²) in [4.78, 5) is 31.0. The quantitative estimate of drug-likeness (QED) is 0.159. The van der Waals surface area contributed by atoms with Gasteiger partial charge in [-0.2, -0.15) is 0 Å². The first-order valence-corrected chi connectivity index (χ1v) is 13.8. The van der Waals surface area contributed by atoms with Gasteiger partial charge in [0.25, 0.3) is 0 Å². The van der Waals surface area contributed by atoms with Crippen molar-refractivity contribution < 1.29 is 19.5 Å². The molecule has 1 aliphatic carbocycles. The number of benzene rings is 2. The summed E-state index contributed by atoms with van der Waals surface area (Å²) in [6.45, 7) is 1.32. The minimum atomic E-state index is -0.352. The van der Waals surface area contributed by atoms with E-state index >= 15 is 0 Å². The molecule has 2 aliphatic rings. The van der Waals surface area contributed by atoms with Crippen LogP contribution in [0.5, 0.6) is 5.75 Å². The summed E-state index contributed by atoms with van der Waals surface area (Å²) < 4.78 is 5.35. The SMILES string of the molecule is COc1ccc(CN2[C@H](C(=O)NCCCCCCC(=O)NO)Cc3c([nH]c4ccccc34)[C@H]2C2CC2)cc1. The van der Waals surface area contributed by atoms with Gasteiger partial charge in [0.1, 0.15) is 5.75 Å². The third-order valence-electron chi connectivity index (χ3n) is 7.95. The fourth-order valence-corrected chi connectivity index (χ4v) is 5.83. The monoisotopic (exact) mass is 518 g/mol. The van der Waals surface area contributed by atoms with Gasteiger partial charge in [0.2, 0.25) is 11.8 Å². The highest BCUT2D eigenvalue weighted by Gasteiger charge is 2.46. The van der Waals surface area contributed by atoms with E-state index in [1.54, 1.807) is 12.6 Å². The van der Waals surface area contributed by atoms with E-state index in [0.29, 0.717) is 31.8 Å². The second kappa shape index (κ2) is 12.0. The van der Waals surface area contributed by atoms with E-state index in [0.717, 1.165) is 36.9 Å². The fraction of sp³-hybridized carbons (Fsp3) is 0.467. The Balaban J connectivity index is 1.33. The van der Waals surface area contributed by atoms with Crippen molar-refractivity contribution in [3.8, 4) is 5.75 Å². The van der Waals surface area contributed by atoms with Gasteiger partial charge in [0.05, 0.1) is 19.2 Å². The molecule has 38 heavy (non-hydrogen) atoms. The van der Waals surface area contributed by atoms with Gasteiger partial charge >= 0.3 is 0 Å². The first-order chi connectivity index (χ1) is 18.6. The molecule has 3 aromatic rings. The van der Waals surface area contributed by atoms with E-state index < -0.39 is 0 Å². The van der Waals surface area contributed by atoms with Crippen LogP contribution in [0.4, 0.5) is 0 Å². The average Bonchev–Trinajstić information content (AvgIpc) is 3.72. The molecule has 1 aromatic heterocycles. The number of para-hydroxylation sites is 1. The average molecular weight is 519 g/mol. The number of nitrogens with one attached hydrogen (secondary N) is 3. The predicted octanol–water partition coefficient (Wildman–Crippen LogP) is 4.63. The highest BCUT2D eigenvalue weighted by Crippen LogP contribution is 2.50. The van der Waals surface area contributed by atoms with Gasteiger partial charge < -0.3 is 15.0 Å². The zero-order valence-corrected chi connectivity index (χ0v) is 22.0. The van der Waals surface area contributed by atoms with Crippen LogP contribution in [0.1, 0.15) is 67.8 Å². The molecule has 0 radical (unpaired) electrons. The van der Waals surface area contributed by atoms with E-state index in [-0.39, 0.29) is 23.9 Å². The maximum Gasteiger partial charge on any atom is 0.243 e. The molecule has 5 rings (SSSR count). The van der Waals surface area contributed by atoms with Crippen LogP contribution >= 0.6 is 0 Å². The summed E-state index contributed by atoms with van der Waals surface area (Å²) in [6.07, 6.45) is 6.77. The Kier molecular flexibility index (Phi) is 8.29. The van der Waals surface area contributed by atoms with Crippen LogP contribution in [-0.2, 0) is 22.6 Å². The lowest BCUT2D eigenvalue weighted by atomic mass is 9.88. The Labute approximate surface area is 223 Å². The topological polar surface area (TPSA) is 107 Å². The number of hydrogen-bond donors (Lipinski definition) is 4. The van der Waals surface area contributed by atoms with E-state index in [1.165, 1.54) is 35.0 Å². The summed E-state index contributed by atoms with van der Waals surface area (Å²) in [6, 6.07) is 16.5. The van der Waals surface area contributed by atoms with Crippen molar-refractivity contribution in [3.05, 3.63) is 65.4 Å². The second-order valence-electron chi connectivity index (χ2n) is 10.6. The lowest BCUT2D eigenvalue weighted by Crippen LogP contribution is -2.52. The Morgan fingerprint density at radius 2 is 1.82 bits per heavy atom. The molecular weight excluding hydrogens is 480 g/mol. The van der Waals surface area contributed by atoms with Gasteiger partial charge in [-0.15, -0.1) is 0 Å². The van der Waals surface area contributed by atoms with Gasteiger partial charge in [0, 0.05) is 36.1 Å². The first kappa shape index (κ1) is 26.3. The van der Waals surface area contributed by atoms with Crippen LogP contribution in [0.25, 0.3) is 10.9 Å². The van der Waals surface area contributed by atoms with Crippen LogP contribution in [0, 0.1) is 5.92 Å². The highest BCUT2D eigenvalue weighted by molar-refractivity contribution is 5.88. The summed E-state index contributed by atoms with van der Waals surface area (Å²) in [5.74, 6) is 1.11. The smallest absolute Gasteiger partial charge is 0.243 e. The molecule has 0 bridgehead atoms. The van der Waals surface area contributed by atoms with Gasteiger partial charge in [0.15, 0.2) is 0 Å². The summed E-state index contributed by atoms with van der Waals surface area (Å²) >= 11 is 0. The number of rotatable bonds is 12. The number of hydroxylamine groups is 1. The lowest BCUT2D eigenvalue weighted by Gasteiger charge is -2.41. The molecule has 2 aromatic carbocycles. The number of unbranched alkanes of at least 4 members (excludes halogenated alkanes) is 3. The number of aromatic amines is 1. The standard InChI is InChI=1S/C30H38N4O4/c1-38-22-15-11-20(12-16-22)19-34-26(30(36)31-17-7-3-2-4-10-27(35)33-37)18-24-23-8-5-6-9-25(23)32-28(24)29(34)21-13-14-21/h5-6,8-9,11-12,15-16,21,26,29,32,37H,2-4,7,10,13-14,17-19H2,1H3,(H,31,36)(H,33,35)/t26-,29+/m0/s1. The Hall–Kier alpha value is -3.36. The number of hydrogen-bond acceptors (Lipinski definition) is 5. The third-order valence-corrected chi connectivity index (χ3v) is 7.95. The number of ether oxygens (including phenoxy) is 1. The fourth-order valence-electron chi connectivity index (χ4n) is 5.83. The maximum atomic E-state index is 13.7. The van der Waals surface area contributed by atoms with E-state index in [4.69, 9.17) is 9.94 Å². The van der Waals surface area contributed by atoms with Crippen molar-refractivity contribution in [2.45, 2.75) is 70.0 Å². The molecule has 1 aliphatic heterocycles. The largest absolute Gasteiger partial charge is 0.497 e. The molecule has 1 fully saturated rings. The number of carbonyl (C=O) groups is 2. The van der Waals surface area contributed by atoms with Crippen LogP contribution < -0.4 is 15.5 Å². The van der Waals surface area contributed by atoms with Crippen molar-refractivity contribution in [2.24, 2.45) is 5.92 Å². The third kappa shape index (κ3) is 5.87. The molecule has 8 heteroatoms. The molecule has 2 atom stereocenters. The van der Waals surface area contributed by atoms with Crippen molar-refractivity contribution in [3.63, 3.8) is 0 Å². The van der Waals surface area contributed by atoms with E-state index in [9.17, 15) is 9.59 Å². The number of carbonyl (C=O) groups excluding carboxylic acids is 2. The van der Waals surface area contributed by atoms with Gasteiger partial charge in [-0.05, 0) is 67.3 Å². The summed E-state index contributed by atoms with van der Waals surface area (Å²) in [7, 11) is 1.67. The molecule has 1 saturated carbocycles. The minimum absolute atomic E-state index is 0.0831. The molecule has 4 N–H and O–H groups in total. The first-order valence-electron chi connectivity index (χ1n) is 13.8. The van der Waals surface area contributed by atoms with Crippen LogP contribution in [-0.4, -0.2) is 46.6 Å². The summed E-state index contributed by atoms with van der Waals surface area (Å²) in [5, 5.41) is 13.0. The minimum Gasteiger partial charge on any atom is -0.497 e. The number of amides is 2. The van der Waals surface area contributed by atoms with Crippen molar-refractivity contribution in [1.29, 1.82) is 0 Å². The van der Waals surface area contributed by atoms with Crippen LogP contribution in [0.3, 0.4) is 0 Å². The Morgan fingerprint density at radius 1 is 1.05 bits per heavy atom. The molecule has 0 saturated heterocycles. The molecule has 2 amide bonds. The Morgan fingerprint density at radius 3 is 2.55 bits per heavy atom. The zero-order chi connectivity index (χ0) is 26.5. The number of methoxy groups -OCH3 is 1. The number of fused-ring (bicyclic) bond motifs is 3. The molecule has 0 spiro atoms. The number of nitrogens with zero attached hydrogens (tertiary/aromatic N) is 1. The second-order valence-corrected chi connectivity index (χ2v) is 10.6. The van der Waals surface area contributed by atoms with E-state index in [2.05, 4.69) is 51.6 Å².